The molecule has 0 saturated heterocycles. The predicted octanol–water partition coefficient (Wildman–Crippen LogP) is 2.43. The van der Waals surface area contributed by atoms with E-state index in [4.69, 9.17) is 11.6 Å². The molecule has 0 amide bonds. The third-order valence-corrected chi connectivity index (χ3v) is 2.74. The minimum atomic E-state index is -1.28. The van der Waals surface area contributed by atoms with E-state index in [-0.39, 0.29) is 16.3 Å². The number of halogens is 3. The summed E-state index contributed by atoms with van der Waals surface area (Å²) in [5, 5.41) is 14.1. The topological polar surface area (TPSA) is 38.0 Å². The number of benzene rings is 1. The fourth-order valence-corrected chi connectivity index (χ4v) is 1.87. The van der Waals surface area contributed by atoms with Gasteiger partial charge in [0, 0.05) is 18.7 Å². The molecule has 0 fully saturated rings. The number of hydrogen-bond donors (Lipinski definition) is 1. The summed E-state index contributed by atoms with van der Waals surface area (Å²) < 4.78 is 27.6. The van der Waals surface area contributed by atoms with Gasteiger partial charge in [-0.3, -0.25) is 4.68 Å². The average molecular weight is 259 g/mol. The molecular formula is C11H9ClF2N2O. The van der Waals surface area contributed by atoms with Crippen LogP contribution in [0.25, 0.3) is 0 Å². The Morgan fingerprint density at radius 2 is 2.12 bits per heavy atom. The molecule has 1 N–H and O–H groups in total. The van der Waals surface area contributed by atoms with Crippen molar-refractivity contribution in [1.82, 2.24) is 9.78 Å². The first-order chi connectivity index (χ1) is 8.00. The van der Waals surface area contributed by atoms with E-state index in [0.29, 0.717) is 6.07 Å². The van der Waals surface area contributed by atoms with Crippen LogP contribution in [0, 0.1) is 11.6 Å². The molecule has 0 saturated carbocycles. The molecule has 0 radical (unpaired) electrons. The molecule has 90 valence electrons. The molecule has 17 heavy (non-hydrogen) atoms. The molecule has 0 aliphatic rings. The molecule has 1 unspecified atom stereocenters. The Kier molecular flexibility index (Phi) is 3.13. The molecule has 0 spiro atoms. The van der Waals surface area contributed by atoms with Crippen LogP contribution in [-0.4, -0.2) is 14.9 Å². The third kappa shape index (κ3) is 2.16. The number of nitrogens with zero attached hydrogens (tertiary/aromatic N) is 2. The van der Waals surface area contributed by atoms with Gasteiger partial charge in [0.05, 0.1) is 16.9 Å². The van der Waals surface area contributed by atoms with E-state index in [1.54, 1.807) is 7.05 Å². The van der Waals surface area contributed by atoms with Crippen LogP contribution in [0.2, 0.25) is 5.02 Å². The van der Waals surface area contributed by atoms with Gasteiger partial charge >= 0.3 is 0 Å². The van der Waals surface area contributed by atoms with Crippen molar-refractivity contribution in [3.8, 4) is 0 Å². The van der Waals surface area contributed by atoms with Gasteiger partial charge in [0.1, 0.15) is 17.7 Å². The maximum Gasteiger partial charge on any atom is 0.132 e. The lowest BCUT2D eigenvalue weighted by Crippen LogP contribution is -2.09. The summed E-state index contributed by atoms with van der Waals surface area (Å²) in [6.07, 6.45) is 0.0669. The Hall–Kier alpha value is -1.46. The van der Waals surface area contributed by atoms with Gasteiger partial charge in [-0.05, 0) is 6.07 Å². The van der Waals surface area contributed by atoms with E-state index < -0.39 is 17.7 Å². The number of rotatable bonds is 2. The molecule has 6 heteroatoms. The van der Waals surface area contributed by atoms with Gasteiger partial charge in [0.25, 0.3) is 0 Å². The van der Waals surface area contributed by atoms with Gasteiger partial charge in [-0.2, -0.15) is 5.10 Å². The summed E-state index contributed by atoms with van der Waals surface area (Å²) in [6.45, 7) is 0. The van der Waals surface area contributed by atoms with Crippen molar-refractivity contribution in [2.75, 3.05) is 0 Å². The van der Waals surface area contributed by atoms with E-state index in [1.807, 2.05) is 0 Å². The number of aliphatic hydroxyl groups is 1. The van der Waals surface area contributed by atoms with Gasteiger partial charge in [-0.25, -0.2) is 8.78 Å². The van der Waals surface area contributed by atoms with Crippen LogP contribution in [-0.2, 0) is 7.05 Å². The van der Waals surface area contributed by atoms with Crippen molar-refractivity contribution < 1.29 is 13.9 Å². The van der Waals surface area contributed by atoms with Crippen LogP contribution in [0.5, 0.6) is 0 Å². The zero-order chi connectivity index (χ0) is 12.6. The third-order valence-electron chi connectivity index (χ3n) is 2.45. The zero-order valence-corrected chi connectivity index (χ0v) is 9.62. The lowest BCUT2D eigenvalue weighted by atomic mass is 10.1. The summed E-state index contributed by atoms with van der Waals surface area (Å²) in [5.74, 6) is -1.52. The van der Waals surface area contributed by atoms with Crippen LogP contribution in [0.4, 0.5) is 8.78 Å². The Morgan fingerprint density at radius 3 is 2.65 bits per heavy atom. The summed E-state index contributed by atoms with van der Waals surface area (Å²) in [4.78, 5) is 0. The number of aryl methyl sites for hydroxylation is 1. The zero-order valence-electron chi connectivity index (χ0n) is 8.86. The van der Waals surface area contributed by atoms with Gasteiger partial charge in [-0.1, -0.05) is 17.7 Å². The molecule has 1 aromatic heterocycles. The van der Waals surface area contributed by atoms with E-state index in [1.165, 1.54) is 16.9 Å². The minimum absolute atomic E-state index is 0.0445. The van der Waals surface area contributed by atoms with Crippen molar-refractivity contribution in [2.24, 2.45) is 7.05 Å². The van der Waals surface area contributed by atoms with Gasteiger partial charge < -0.3 is 5.11 Å². The van der Waals surface area contributed by atoms with Crippen LogP contribution >= 0.6 is 11.6 Å². The molecule has 1 aromatic carbocycles. The van der Waals surface area contributed by atoms with Crippen LogP contribution in [0.1, 0.15) is 17.4 Å². The highest BCUT2D eigenvalue weighted by atomic mass is 35.5. The Morgan fingerprint density at radius 1 is 1.41 bits per heavy atom. The minimum Gasteiger partial charge on any atom is -0.382 e. The van der Waals surface area contributed by atoms with Gasteiger partial charge in [0.2, 0.25) is 0 Å². The highest BCUT2D eigenvalue weighted by molar-refractivity contribution is 6.31. The van der Waals surface area contributed by atoms with Crippen molar-refractivity contribution in [2.45, 2.75) is 6.10 Å². The summed E-state index contributed by atoms with van der Waals surface area (Å²) in [5.41, 5.74) is 0.217. The molecular weight excluding hydrogens is 250 g/mol. The van der Waals surface area contributed by atoms with Gasteiger partial charge in [-0.15, -0.1) is 0 Å². The van der Waals surface area contributed by atoms with Crippen molar-refractivity contribution in [3.63, 3.8) is 0 Å². The quantitative estimate of drug-likeness (QED) is 0.898. The Bertz CT molecular complexity index is 537. The van der Waals surface area contributed by atoms with E-state index >= 15 is 0 Å². The molecule has 0 bridgehead atoms. The normalized spacial score (nSPS) is 12.8. The lowest BCUT2D eigenvalue weighted by Gasteiger charge is -2.13. The largest absolute Gasteiger partial charge is 0.382 e. The maximum absolute atomic E-state index is 13.5. The summed E-state index contributed by atoms with van der Waals surface area (Å²) >= 11 is 5.83. The second-order valence-electron chi connectivity index (χ2n) is 3.57. The number of aromatic nitrogens is 2. The fraction of sp³-hybridized carbons (Fsp3) is 0.182. The fourth-order valence-electron chi connectivity index (χ4n) is 1.60. The highest BCUT2D eigenvalue weighted by Crippen LogP contribution is 2.29. The SMILES string of the molecule is Cn1ncc(Cl)c1C(O)c1ccc(F)cc1F. The van der Waals surface area contributed by atoms with Crippen LogP contribution in [0.3, 0.4) is 0 Å². The van der Waals surface area contributed by atoms with Crippen LogP contribution < -0.4 is 0 Å². The summed E-state index contributed by atoms with van der Waals surface area (Å²) in [6, 6.07) is 2.97. The first-order valence-corrected chi connectivity index (χ1v) is 5.19. The standard InChI is InChI=1S/C11H9ClF2N2O/c1-16-10(8(12)5-15-16)11(17)7-3-2-6(13)4-9(7)14/h2-5,11,17H,1H3. The molecule has 2 aromatic rings. The average Bonchev–Trinajstić information content (AvgIpc) is 2.58. The second kappa shape index (κ2) is 4.43. The summed E-state index contributed by atoms with van der Waals surface area (Å²) in [7, 11) is 1.58. The highest BCUT2D eigenvalue weighted by Gasteiger charge is 2.21. The Balaban J connectivity index is 2.47. The first kappa shape index (κ1) is 12.0. The van der Waals surface area contributed by atoms with Crippen molar-refractivity contribution in [3.05, 3.63) is 52.3 Å². The first-order valence-electron chi connectivity index (χ1n) is 4.81. The monoisotopic (exact) mass is 258 g/mol. The number of aliphatic hydroxyl groups excluding tert-OH is 1. The van der Waals surface area contributed by atoms with E-state index in [9.17, 15) is 13.9 Å². The van der Waals surface area contributed by atoms with E-state index in [2.05, 4.69) is 5.10 Å². The van der Waals surface area contributed by atoms with Crippen molar-refractivity contribution >= 4 is 11.6 Å². The predicted molar refractivity (Wildman–Crippen MR) is 58.6 cm³/mol. The maximum atomic E-state index is 13.5. The van der Waals surface area contributed by atoms with Crippen LogP contribution in [0.15, 0.2) is 24.4 Å². The van der Waals surface area contributed by atoms with E-state index in [0.717, 1.165) is 6.07 Å². The molecule has 3 nitrogen and oxygen atoms in total. The van der Waals surface area contributed by atoms with Crippen molar-refractivity contribution in [1.29, 1.82) is 0 Å². The van der Waals surface area contributed by atoms with Gasteiger partial charge in [0.15, 0.2) is 0 Å². The molecule has 2 rings (SSSR count). The Labute approximate surface area is 101 Å². The smallest absolute Gasteiger partial charge is 0.132 e. The molecule has 0 aliphatic carbocycles. The molecule has 1 heterocycles. The molecule has 0 aliphatic heterocycles. The molecule has 1 atom stereocenters. The second-order valence-corrected chi connectivity index (χ2v) is 3.98. The lowest BCUT2D eigenvalue weighted by molar-refractivity contribution is 0.204. The number of hydrogen-bond acceptors (Lipinski definition) is 2.